The van der Waals surface area contributed by atoms with Crippen LogP contribution in [0.5, 0.6) is 5.75 Å². The molecule has 0 saturated heterocycles. The highest BCUT2D eigenvalue weighted by Gasteiger charge is 2.31. The number of halogens is 6. The van der Waals surface area contributed by atoms with Gasteiger partial charge in [-0.3, -0.25) is 4.79 Å². The van der Waals surface area contributed by atoms with E-state index >= 15 is 0 Å². The van der Waals surface area contributed by atoms with Gasteiger partial charge in [0.2, 0.25) is 5.82 Å². The van der Waals surface area contributed by atoms with Gasteiger partial charge in [-0.1, -0.05) is 17.3 Å². The maximum atomic E-state index is 12.7. The van der Waals surface area contributed by atoms with Gasteiger partial charge >= 0.3 is 12.5 Å². The summed E-state index contributed by atoms with van der Waals surface area (Å²) in [4.78, 5) is 16.3. The predicted octanol–water partition coefficient (Wildman–Crippen LogP) is 4.12. The van der Waals surface area contributed by atoms with Crippen LogP contribution >= 0.6 is 0 Å². The summed E-state index contributed by atoms with van der Waals surface area (Å²) in [5.41, 5.74) is -0.700. The Balaban J connectivity index is 1.70. The summed E-state index contributed by atoms with van der Waals surface area (Å²) in [5, 5.41) is 15.5. The number of rotatable bonds is 6. The first-order chi connectivity index (χ1) is 15.0. The molecule has 2 aromatic carbocycles. The van der Waals surface area contributed by atoms with Gasteiger partial charge < -0.3 is 19.7 Å². The van der Waals surface area contributed by atoms with Crippen LogP contribution in [-0.2, 0) is 6.18 Å². The van der Waals surface area contributed by atoms with Crippen molar-refractivity contribution in [3.63, 3.8) is 0 Å². The SMILES string of the molecule is O=C(N[C@@H](CO)c1nc(-c2ccc(C(F)(F)F)cc2)no1)c1ccc(OC(F)(F)F)cc1. The van der Waals surface area contributed by atoms with E-state index in [1.54, 1.807) is 0 Å². The first kappa shape index (κ1) is 23.1. The number of benzene rings is 2. The van der Waals surface area contributed by atoms with Crippen molar-refractivity contribution in [1.29, 1.82) is 0 Å². The minimum Gasteiger partial charge on any atom is -0.406 e. The highest BCUT2D eigenvalue weighted by Crippen LogP contribution is 2.30. The van der Waals surface area contributed by atoms with Crippen molar-refractivity contribution in [3.05, 3.63) is 65.5 Å². The summed E-state index contributed by atoms with van der Waals surface area (Å²) in [6.07, 6.45) is -9.39. The number of hydrogen-bond donors (Lipinski definition) is 2. The van der Waals surface area contributed by atoms with Crippen molar-refractivity contribution in [3.8, 4) is 17.1 Å². The van der Waals surface area contributed by atoms with Crippen LogP contribution in [0.1, 0.15) is 27.9 Å². The van der Waals surface area contributed by atoms with E-state index in [0.29, 0.717) is 0 Å². The molecule has 1 heterocycles. The second-order valence-corrected chi connectivity index (χ2v) is 6.31. The van der Waals surface area contributed by atoms with E-state index < -0.39 is 42.4 Å². The van der Waals surface area contributed by atoms with Gasteiger partial charge in [0.15, 0.2) is 0 Å². The van der Waals surface area contributed by atoms with Crippen molar-refractivity contribution >= 4 is 5.91 Å². The number of nitrogens with zero attached hydrogens (tertiary/aromatic N) is 2. The molecule has 0 spiro atoms. The largest absolute Gasteiger partial charge is 0.573 e. The quantitative estimate of drug-likeness (QED) is 0.537. The number of alkyl halides is 6. The zero-order chi connectivity index (χ0) is 23.5. The Labute approximate surface area is 175 Å². The molecule has 32 heavy (non-hydrogen) atoms. The Morgan fingerprint density at radius 1 is 1.03 bits per heavy atom. The molecule has 0 radical (unpaired) electrons. The Hall–Kier alpha value is -3.61. The lowest BCUT2D eigenvalue weighted by atomic mass is 10.1. The van der Waals surface area contributed by atoms with Crippen molar-refractivity contribution in [2.75, 3.05) is 6.61 Å². The van der Waals surface area contributed by atoms with E-state index in [-0.39, 0.29) is 22.8 Å². The van der Waals surface area contributed by atoms with Gasteiger partial charge in [0.1, 0.15) is 11.8 Å². The summed E-state index contributed by atoms with van der Waals surface area (Å²) < 4.78 is 83.3. The smallest absolute Gasteiger partial charge is 0.406 e. The van der Waals surface area contributed by atoms with Gasteiger partial charge in [-0.2, -0.15) is 18.2 Å². The van der Waals surface area contributed by atoms with E-state index in [1.807, 2.05) is 0 Å². The number of nitrogens with one attached hydrogen (secondary N) is 1. The van der Waals surface area contributed by atoms with Crippen LogP contribution in [0, 0.1) is 0 Å². The van der Waals surface area contributed by atoms with Gasteiger partial charge in [0, 0.05) is 11.1 Å². The monoisotopic (exact) mass is 461 g/mol. The molecule has 1 amide bonds. The van der Waals surface area contributed by atoms with Gasteiger partial charge in [-0.05, 0) is 36.4 Å². The molecule has 1 aromatic heterocycles. The fourth-order valence-electron chi connectivity index (χ4n) is 2.54. The van der Waals surface area contributed by atoms with Crippen LogP contribution in [-0.4, -0.2) is 34.1 Å². The third-order valence-electron chi connectivity index (χ3n) is 4.05. The normalized spacial score (nSPS) is 13.0. The molecule has 170 valence electrons. The summed E-state index contributed by atoms with van der Waals surface area (Å²) in [7, 11) is 0. The Bertz CT molecular complexity index is 1060. The lowest BCUT2D eigenvalue weighted by Crippen LogP contribution is -2.31. The summed E-state index contributed by atoms with van der Waals surface area (Å²) >= 11 is 0. The van der Waals surface area contributed by atoms with Crippen molar-refractivity contribution in [2.45, 2.75) is 18.6 Å². The van der Waals surface area contributed by atoms with Gasteiger partial charge in [0.05, 0.1) is 12.2 Å². The molecule has 0 aliphatic carbocycles. The first-order valence-corrected chi connectivity index (χ1v) is 8.75. The topological polar surface area (TPSA) is 97.5 Å². The molecular weight excluding hydrogens is 448 g/mol. The third-order valence-corrected chi connectivity index (χ3v) is 4.05. The number of aliphatic hydroxyl groups excluding tert-OH is 1. The highest BCUT2D eigenvalue weighted by atomic mass is 19.4. The first-order valence-electron chi connectivity index (χ1n) is 8.75. The zero-order valence-corrected chi connectivity index (χ0v) is 15.7. The summed E-state index contributed by atoms with van der Waals surface area (Å²) in [6.45, 7) is -0.671. The van der Waals surface area contributed by atoms with E-state index in [0.717, 1.165) is 48.5 Å². The van der Waals surface area contributed by atoms with E-state index in [2.05, 4.69) is 20.2 Å². The molecular formula is C19H13F6N3O4. The standard InChI is InChI=1S/C19H13F6N3O4/c20-18(21,22)12-5-1-10(2-6-12)15-27-17(32-28-15)14(9-29)26-16(30)11-3-7-13(8-4-11)31-19(23,24)25/h1-8,14,29H,9H2,(H,26,30)/t14-/m0/s1. The molecule has 0 unspecified atom stereocenters. The number of aromatic nitrogens is 2. The van der Waals surface area contributed by atoms with Crippen LogP contribution in [0.25, 0.3) is 11.4 Å². The zero-order valence-electron chi connectivity index (χ0n) is 15.7. The van der Waals surface area contributed by atoms with E-state index in [1.165, 1.54) is 0 Å². The van der Waals surface area contributed by atoms with Crippen molar-refractivity contribution in [2.24, 2.45) is 0 Å². The molecule has 13 heteroatoms. The average molecular weight is 461 g/mol. The molecule has 0 aliphatic rings. The minimum atomic E-state index is -4.88. The maximum absolute atomic E-state index is 12.7. The Morgan fingerprint density at radius 2 is 1.66 bits per heavy atom. The fraction of sp³-hybridized carbons (Fsp3) is 0.211. The number of ether oxygens (including phenoxy) is 1. The second-order valence-electron chi connectivity index (χ2n) is 6.31. The number of hydrogen-bond acceptors (Lipinski definition) is 6. The molecule has 0 fully saturated rings. The van der Waals surface area contributed by atoms with Gasteiger partial charge in [-0.15, -0.1) is 13.2 Å². The molecule has 1 atom stereocenters. The summed E-state index contributed by atoms with van der Waals surface area (Å²) in [5.74, 6) is -1.59. The maximum Gasteiger partial charge on any atom is 0.573 e. The van der Waals surface area contributed by atoms with Crippen LogP contribution in [0.4, 0.5) is 26.3 Å². The molecule has 2 N–H and O–H groups in total. The lowest BCUT2D eigenvalue weighted by molar-refractivity contribution is -0.274. The molecule has 3 aromatic rings. The van der Waals surface area contributed by atoms with Gasteiger partial charge in [0.25, 0.3) is 11.8 Å². The molecule has 0 aliphatic heterocycles. The summed E-state index contributed by atoms with van der Waals surface area (Å²) in [6, 6.07) is 6.79. The molecule has 3 rings (SSSR count). The van der Waals surface area contributed by atoms with E-state index in [4.69, 9.17) is 4.52 Å². The average Bonchev–Trinajstić information content (AvgIpc) is 3.20. The van der Waals surface area contributed by atoms with Crippen LogP contribution in [0.2, 0.25) is 0 Å². The number of carbonyl (C=O) groups excluding carboxylic acids is 1. The van der Waals surface area contributed by atoms with Gasteiger partial charge in [-0.25, -0.2) is 0 Å². The number of aliphatic hydroxyl groups is 1. The third kappa shape index (κ3) is 5.75. The highest BCUT2D eigenvalue weighted by molar-refractivity contribution is 5.94. The number of carbonyl (C=O) groups is 1. The van der Waals surface area contributed by atoms with E-state index in [9.17, 15) is 36.2 Å². The van der Waals surface area contributed by atoms with Crippen LogP contribution in [0.3, 0.4) is 0 Å². The minimum absolute atomic E-state index is 0.0412. The lowest BCUT2D eigenvalue weighted by Gasteiger charge is -2.13. The second kappa shape index (κ2) is 8.86. The van der Waals surface area contributed by atoms with Crippen molar-refractivity contribution in [1.82, 2.24) is 15.5 Å². The van der Waals surface area contributed by atoms with Crippen molar-refractivity contribution < 1.29 is 45.5 Å². The molecule has 0 saturated carbocycles. The van der Waals surface area contributed by atoms with Crippen LogP contribution < -0.4 is 10.1 Å². The predicted molar refractivity (Wildman–Crippen MR) is 95.2 cm³/mol. The molecule has 0 bridgehead atoms. The molecule has 7 nitrogen and oxygen atoms in total. The Morgan fingerprint density at radius 3 is 2.19 bits per heavy atom. The Kier molecular flexibility index (Phi) is 6.39. The van der Waals surface area contributed by atoms with Crippen LogP contribution in [0.15, 0.2) is 53.1 Å². The number of amides is 1. The fourth-order valence-corrected chi connectivity index (χ4v) is 2.54.